The second kappa shape index (κ2) is 11.6. The van der Waals surface area contributed by atoms with Crippen LogP contribution in [0.5, 0.6) is 11.5 Å². The Hall–Kier alpha value is -2.03. The minimum absolute atomic E-state index is 0. The van der Waals surface area contributed by atoms with Gasteiger partial charge in [-0.3, -0.25) is 9.98 Å². The zero-order chi connectivity index (χ0) is 18.9. The largest absolute Gasteiger partial charge is 0.497 e. The lowest BCUT2D eigenvalue weighted by atomic mass is 10.2. The monoisotopic (exact) mass is 484 g/mol. The summed E-state index contributed by atoms with van der Waals surface area (Å²) in [5.41, 5.74) is 3.31. The number of ether oxygens (including phenoxy) is 2. The van der Waals surface area contributed by atoms with Crippen molar-refractivity contribution in [1.29, 1.82) is 0 Å². The zero-order valence-electron chi connectivity index (χ0n) is 16.7. The standard InChI is InChI=1S/C20H28N4O2.HI/c1-15-6-7-16(13-23-15)10-11-22-20(21-2)24(3)14-17-8-9-18(25-4)12-19(17)26-5;/h6-9,12-13H,10-11,14H2,1-5H3,(H,21,22);1H. The molecular weight excluding hydrogens is 455 g/mol. The number of aromatic nitrogens is 1. The summed E-state index contributed by atoms with van der Waals surface area (Å²) in [6.45, 7) is 3.46. The van der Waals surface area contributed by atoms with Crippen LogP contribution in [0.2, 0.25) is 0 Å². The van der Waals surface area contributed by atoms with Crippen LogP contribution in [0.25, 0.3) is 0 Å². The Bertz CT molecular complexity index is 735. The van der Waals surface area contributed by atoms with Crippen LogP contribution in [-0.4, -0.2) is 50.7 Å². The first-order valence-electron chi connectivity index (χ1n) is 8.61. The van der Waals surface area contributed by atoms with E-state index < -0.39 is 0 Å². The predicted molar refractivity (Wildman–Crippen MR) is 120 cm³/mol. The summed E-state index contributed by atoms with van der Waals surface area (Å²) in [5, 5.41) is 3.40. The average molecular weight is 484 g/mol. The Labute approximate surface area is 179 Å². The van der Waals surface area contributed by atoms with Crippen LogP contribution in [0.1, 0.15) is 16.8 Å². The number of halogens is 1. The van der Waals surface area contributed by atoms with Crippen LogP contribution in [0.4, 0.5) is 0 Å². The maximum atomic E-state index is 5.48. The van der Waals surface area contributed by atoms with E-state index in [1.807, 2.05) is 44.4 Å². The van der Waals surface area contributed by atoms with Crippen LogP contribution >= 0.6 is 24.0 Å². The number of pyridine rings is 1. The van der Waals surface area contributed by atoms with E-state index in [4.69, 9.17) is 9.47 Å². The average Bonchev–Trinajstić information content (AvgIpc) is 2.66. The molecule has 0 amide bonds. The van der Waals surface area contributed by atoms with E-state index in [2.05, 4.69) is 26.3 Å². The molecule has 0 saturated heterocycles. The van der Waals surface area contributed by atoms with Gasteiger partial charge in [0.25, 0.3) is 0 Å². The van der Waals surface area contributed by atoms with Gasteiger partial charge in [-0.25, -0.2) is 0 Å². The van der Waals surface area contributed by atoms with Crippen molar-refractivity contribution in [2.45, 2.75) is 19.9 Å². The summed E-state index contributed by atoms with van der Waals surface area (Å²) < 4.78 is 10.7. The highest BCUT2D eigenvalue weighted by Gasteiger charge is 2.11. The van der Waals surface area contributed by atoms with Crippen LogP contribution in [0, 0.1) is 6.92 Å². The molecule has 2 aromatic rings. The highest BCUT2D eigenvalue weighted by atomic mass is 127. The summed E-state index contributed by atoms with van der Waals surface area (Å²) >= 11 is 0. The first-order valence-corrected chi connectivity index (χ1v) is 8.61. The first kappa shape index (κ1) is 23.0. The molecule has 2 rings (SSSR count). The first-order chi connectivity index (χ1) is 12.6. The topological polar surface area (TPSA) is 59.0 Å². The Morgan fingerprint density at radius 1 is 1.19 bits per heavy atom. The Morgan fingerprint density at radius 2 is 1.96 bits per heavy atom. The number of hydrogen-bond donors (Lipinski definition) is 1. The molecule has 27 heavy (non-hydrogen) atoms. The van der Waals surface area contributed by atoms with Gasteiger partial charge >= 0.3 is 0 Å². The molecule has 0 saturated carbocycles. The van der Waals surface area contributed by atoms with Gasteiger partial charge in [0.15, 0.2) is 5.96 Å². The van der Waals surface area contributed by atoms with E-state index in [0.717, 1.165) is 41.7 Å². The second-order valence-corrected chi connectivity index (χ2v) is 6.07. The van der Waals surface area contributed by atoms with Crippen molar-refractivity contribution in [2.75, 3.05) is 34.9 Å². The molecule has 148 valence electrons. The van der Waals surface area contributed by atoms with Crippen LogP contribution in [-0.2, 0) is 13.0 Å². The highest BCUT2D eigenvalue weighted by Crippen LogP contribution is 2.25. The van der Waals surface area contributed by atoms with Crippen LogP contribution < -0.4 is 14.8 Å². The molecule has 0 aliphatic heterocycles. The lowest BCUT2D eigenvalue weighted by molar-refractivity contribution is 0.382. The summed E-state index contributed by atoms with van der Waals surface area (Å²) in [6.07, 6.45) is 2.82. The molecule has 0 unspecified atom stereocenters. The van der Waals surface area contributed by atoms with Crippen molar-refractivity contribution in [3.05, 3.63) is 53.3 Å². The summed E-state index contributed by atoms with van der Waals surface area (Å²) in [5.74, 6) is 2.42. The number of hydrogen-bond acceptors (Lipinski definition) is 4. The molecular formula is C20H29IN4O2. The maximum absolute atomic E-state index is 5.48. The number of nitrogens with zero attached hydrogens (tertiary/aromatic N) is 3. The van der Waals surface area contributed by atoms with Gasteiger partial charge in [0, 0.05) is 50.7 Å². The van der Waals surface area contributed by atoms with Gasteiger partial charge in [0.05, 0.1) is 14.2 Å². The fourth-order valence-corrected chi connectivity index (χ4v) is 2.66. The number of benzene rings is 1. The molecule has 6 nitrogen and oxygen atoms in total. The van der Waals surface area contributed by atoms with Gasteiger partial charge < -0.3 is 19.7 Å². The van der Waals surface area contributed by atoms with Gasteiger partial charge in [-0.2, -0.15) is 0 Å². The number of nitrogens with one attached hydrogen (secondary N) is 1. The van der Waals surface area contributed by atoms with Gasteiger partial charge in [-0.15, -0.1) is 24.0 Å². The number of rotatable bonds is 7. The third kappa shape index (κ3) is 6.89. The fraction of sp³-hybridized carbons (Fsp3) is 0.400. The Morgan fingerprint density at radius 3 is 2.56 bits per heavy atom. The van der Waals surface area contributed by atoms with Crippen molar-refractivity contribution in [3.63, 3.8) is 0 Å². The molecule has 1 aromatic heterocycles. The van der Waals surface area contributed by atoms with Crippen LogP contribution in [0.3, 0.4) is 0 Å². The summed E-state index contributed by atoms with van der Waals surface area (Å²) in [7, 11) is 7.11. The molecule has 7 heteroatoms. The minimum Gasteiger partial charge on any atom is -0.497 e. The molecule has 0 bridgehead atoms. The van der Waals surface area contributed by atoms with E-state index in [-0.39, 0.29) is 24.0 Å². The van der Waals surface area contributed by atoms with Gasteiger partial charge in [-0.1, -0.05) is 6.07 Å². The maximum Gasteiger partial charge on any atom is 0.193 e. The molecule has 0 aliphatic carbocycles. The van der Waals surface area contributed by atoms with E-state index in [1.54, 1.807) is 21.3 Å². The van der Waals surface area contributed by atoms with Gasteiger partial charge in [0.1, 0.15) is 11.5 Å². The van der Waals surface area contributed by atoms with Gasteiger partial charge in [0.2, 0.25) is 0 Å². The molecule has 0 fully saturated rings. The number of aliphatic imine (C=N–C) groups is 1. The smallest absolute Gasteiger partial charge is 0.193 e. The number of guanidine groups is 1. The van der Waals surface area contributed by atoms with Gasteiger partial charge in [-0.05, 0) is 37.1 Å². The Balaban J connectivity index is 0.00000364. The highest BCUT2D eigenvalue weighted by molar-refractivity contribution is 14.0. The van der Waals surface area contributed by atoms with Crippen molar-refractivity contribution in [3.8, 4) is 11.5 Å². The van der Waals surface area contributed by atoms with E-state index in [9.17, 15) is 0 Å². The summed E-state index contributed by atoms with van der Waals surface area (Å²) in [4.78, 5) is 10.8. The molecule has 0 spiro atoms. The SMILES string of the molecule is CN=C(NCCc1ccc(C)nc1)N(C)Cc1ccc(OC)cc1OC.I. The fourth-order valence-electron chi connectivity index (χ4n) is 2.66. The number of aryl methyl sites for hydroxylation is 1. The normalized spacial score (nSPS) is 10.8. The van der Waals surface area contributed by atoms with Crippen molar-refractivity contribution >= 4 is 29.9 Å². The Kier molecular flexibility index (Phi) is 9.92. The second-order valence-electron chi connectivity index (χ2n) is 6.07. The lowest BCUT2D eigenvalue weighted by Gasteiger charge is -2.23. The molecule has 0 radical (unpaired) electrons. The van der Waals surface area contributed by atoms with Crippen molar-refractivity contribution in [1.82, 2.24) is 15.2 Å². The lowest BCUT2D eigenvalue weighted by Crippen LogP contribution is -2.39. The molecule has 0 aliphatic rings. The number of methoxy groups -OCH3 is 2. The van der Waals surface area contributed by atoms with Crippen LogP contribution in [0.15, 0.2) is 41.5 Å². The van der Waals surface area contributed by atoms with Crippen molar-refractivity contribution in [2.24, 2.45) is 4.99 Å². The van der Waals surface area contributed by atoms with E-state index in [0.29, 0.717) is 6.54 Å². The third-order valence-electron chi connectivity index (χ3n) is 4.14. The predicted octanol–water partition coefficient (Wildman–Crippen LogP) is 3.28. The molecule has 1 heterocycles. The van der Waals surface area contributed by atoms with Crippen molar-refractivity contribution < 1.29 is 9.47 Å². The minimum atomic E-state index is 0. The molecule has 1 aromatic carbocycles. The third-order valence-corrected chi connectivity index (χ3v) is 4.14. The quantitative estimate of drug-likeness (QED) is 0.372. The molecule has 0 atom stereocenters. The van der Waals surface area contributed by atoms with E-state index in [1.165, 1.54) is 5.56 Å². The van der Waals surface area contributed by atoms with E-state index >= 15 is 0 Å². The zero-order valence-corrected chi connectivity index (χ0v) is 19.0. The molecule has 1 N–H and O–H groups in total. The summed E-state index contributed by atoms with van der Waals surface area (Å²) in [6, 6.07) is 9.99.